The van der Waals surface area contributed by atoms with Gasteiger partial charge in [0.05, 0.1) is 38.1 Å². The minimum atomic E-state index is -3.58. The van der Waals surface area contributed by atoms with Crippen molar-refractivity contribution in [2.45, 2.75) is 91.4 Å². The molecular formula is C59H76N10O10S2. The van der Waals surface area contributed by atoms with Crippen molar-refractivity contribution in [1.29, 1.82) is 0 Å². The maximum absolute atomic E-state index is 14.1. The first-order valence-corrected chi connectivity index (χ1v) is 31.2. The first-order chi connectivity index (χ1) is 38.4. The van der Waals surface area contributed by atoms with Gasteiger partial charge in [-0.3, -0.25) is 9.59 Å². The van der Waals surface area contributed by atoms with E-state index in [1.54, 1.807) is 22.2 Å². The van der Waals surface area contributed by atoms with Crippen LogP contribution in [0.15, 0.2) is 96.8 Å². The van der Waals surface area contributed by atoms with Crippen LogP contribution < -0.4 is 10.6 Å². The maximum atomic E-state index is 14.1. The van der Waals surface area contributed by atoms with Crippen LogP contribution in [-0.4, -0.2) is 157 Å². The van der Waals surface area contributed by atoms with E-state index in [1.807, 2.05) is 52.0 Å². The Morgan fingerprint density at radius 2 is 1.11 bits per heavy atom. The van der Waals surface area contributed by atoms with Crippen molar-refractivity contribution in [3.8, 4) is 33.6 Å². The smallest absolute Gasteiger partial charge is 0.407 e. The Morgan fingerprint density at radius 1 is 0.642 bits per heavy atom. The standard InChI is InChI=1S/C59H76N10O10S2/c1-36(2)52(64-58(72)78-7)56(70)68-29-27-66(80(9,74)75)34-50(68)54-60-32-48(62-54)45-23-19-42(20-24-45)39(6)41-15-11-38(5)12-16-43-18-14-40(13-17-41)31-47(43)44-21-25-46(26-22-44)49-33-61-55(63-49)51-35-67(81(10,76)77)28-30-69(51)57(71)53(37(3)4)65-59(73)79-8/h11,14-15,18-26,31-33,36-38,50-53H,12-13,16-17,27-30,34-35H2,1-10H3,(H,60,62)(H,61,63)(H,64,72)(H,65,73)/b15-11-,41-39-/t38-,50-,51-,52-,53-/m0/s1. The highest BCUT2D eigenvalue weighted by Gasteiger charge is 2.42. The van der Waals surface area contributed by atoms with Crippen LogP contribution in [0, 0.1) is 17.8 Å². The topological polar surface area (TPSA) is 249 Å². The van der Waals surface area contributed by atoms with Gasteiger partial charge in [0.15, 0.2) is 0 Å². The lowest BCUT2D eigenvalue weighted by Crippen LogP contribution is -2.58. The maximum Gasteiger partial charge on any atom is 0.407 e. The molecule has 5 aromatic rings. The molecule has 20 nitrogen and oxygen atoms in total. The highest BCUT2D eigenvalue weighted by Crippen LogP contribution is 2.35. The van der Waals surface area contributed by atoms with E-state index in [2.05, 4.69) is 89.1 Å². The van der Waals surface area contributed by atoms with Gasteiger partial charge >= 0.3 is 12.2 Å². The van der Waals surface area contributed by atoms with E-state index in [0.29, 0.717) is 29.0 Å². The third-order valence-corrected chi connectivity index (χ3v) is 18.3. The van der Waals surface area contributed by atoms with Gasteiger partial charge in [0.25, 0.3) is 0 Å². The number of ether oxygens (including phenoxy) is 2. The van der Waals surface area contributed by atoms with E-state index in [1.165, 1.54) is 45.1 Å². The molecule has 22 heteroatoms. The summed E-state index contributed by atoms with van der Waals surface area (Å²) in [5.41, 5.74) is 11.1. The number of hydrogen-bond donors (Lipinski definition) is 4. The van der Waals surface area contributed by atoms with Crippen LogP contribution in [0.2, 0.25) is 0 Å². The Bertz CT molecular complexity index is 3390. The third-order valence-electron chi connectivity index (χ3n) is 15.7. The second-order valence-corrected chi connectivity index (χ2v) is 26.0. The molecule has 0 saturated carbocycles. The van der Waals surface area contributed by atoms with Crippen LogP contribution in [0.5, 0.6) is 0 Å². The molecule has 2 bridgehead atoms. The molecule has 2 aliphatic carbocycles. The fourth-order valence-corrected chi connectivity index (χ4v) is 12.4. The molecule has 3 aromatic carbocycles. The number of alkyl carbamates (subject to hydrolysis) is 2. The Morgan fingerprint density at radius 3 is 1.57 bits per heavy atom. The summed E-state index contributed by atoms with van der Waals surface area (Å²) in [6, 6.07) is 20.0. The predicted octanol–water partition coefficient (Wildman–Crippen LogP) is 7.73. The van der Waals surface area contributed by atoms with Crippen molar-refractivity contribution in [2.24, 2.45) is 17.8 Å². The van der Waals surface area contributed by atoms with Crippen LogP contribution >= 0.6 is 0 Å². The van der Waals surface area contributed by atoms with Crippen LogP contribution in [0.4, 0.5) is 9.59 Å². The fourth-order valence-electron chi connectivity index (χ4n) is 10.8. The second-order valence-electron chi connectivity index (χ2n) is 22.1. The molecule has 4 aliphatic rings. The number of hydrogen-bond acceptors (Lipinski definition) is 12. The van der Waals surface area contributed by atoms with Gasteiger partial charge in [-0.05, 0) is 89.3 Å². The summed E-state index contributed by atoms with van der Waals surface area (Å²) in [6.45, 7) is 12.1. The van der Waals surface area contributed by atoms with Gasteiger partial charge in [0, 0.05) is 62.8 Å². The quantitative estimate of drug-likeness (QED) is 0.0834. The number of piperazine rings is 2. The van der Waals surface area contributed by atoms with Gasteiger partial charge < -0.3 is 39.9 Å². The molecule has 5 atom stereocenters. The molecule has 0 radical (unpaired) electrons. The average Bonchev–Trinajstić information content (AvgIpc) is 4.21. The number of carbonyl (C=O) groups is 4. The SMILES string of the molecule is COC(=O)N[C@H](C(=O)N1CCN(S(C)(=O)=O)C[C@H]1c1nc(-c2ccc(/C(C)=C3/C=C\[C@H](C)CCc4ccc(cc4-c4ccc(-c5c[nH]c([C@@H]6CN(S(C)(=O)=O)CCN6C(=O)[C@@H](NC(=O)OC)C(C)C)n5)cc4)CC3)cc2)c[nH]1)C(C)C. The molecule has 4 N–H and O–H groups in total. The molecule has 2 saturated heterocycles. The first kappa shape index (κ1) is 60.0. The number of sulfonamides is 2. The lowest BCUT2D eigenvalue weighted by Gasteiger charge is -2.41. The Balaban J connectivity index is 0.995. The molecule has 2 aliphatic heterocycles. The lowest BCUT2D eigenvalue weighted by molar-refractivity contribution is -0.139. The molecule has 2 aromatic heterocycles. The number of fused-ring (bicyclic) bond motifs is 8. The number of nitrogens with zero attached hydrogens (tertiary/aromatic N) is 6. The minimum Gasteiger partial charge on any atom is -0.453 e. The number of H-pyrrole nitrogens is 2. The Labute approximate surface area is 475 Å². The Kier molecular flexibility index (Phi) is 18.8. The number of methoxy groups -OCH3 is 2. The van der Waals surface area contributed by atoms with Crippen molar-refractivity contribution < 1.29 is 45.5 Å². The third kappa shape index (κ3) is 14.1. The van der Waals surface area contributed by atoms with Crippen LogP contribution in [-0.2, 0) is 52.0 Å². The molecule has 9 rings (SSSR count). The molecule has 0 spiro atoms. The number of aryl methyl sites for hydroxylation is 2. The second kappa shape index (κ2) is 25.3. The summed E-state index contributed by atoms with van der Waals surface area (Å²) in [4.78, 5) is 72.1. The summed E-state index contributed by atoms with van der Waals surface area (Å²) in [6.07, 6.45) is 12.4. The number of amides is 4. The zero-order chi connectivity index (χ0) is 58.5. The van der Waals surface area contributed by atoms with Gasteiger partial charge in [-0.25, -0.2) is 36.4 Å². The Hall–Kier alpha value is -7.14. The van der Waals surface area contributed by atoms with E-state index in [-0.39, 0.29) is 62.9 Å². The van der Waals surface area contributed by atoms with Crippen molar-refractivity contribution in [3.05, 3.63) is 125 Å². The molecule has 81 heavy (non-hydrogen) atoms. The van der Waals surface area contributed by atoms with E-state index < -0.39 is 56.4 Å². The van der Waals surface area contributed by atoms with Crippen LogP contribution in [0.1, 0.15) is 94.8 Å². The number of nitrogens with one attached hydrogen (secondary N) is 4. The van der Waals surface area contributed by atoms with E-state index in [4.69, 9.17) is 19.4 Å². The van der Waals surface area contributed by atoms with Crippen molar-refractivity contribution >= 4 is 49.6 Å². The number of allylic oxidation sites excluding steroid dienone is 4. The first-order valence-electron chi connectivity index (χ1n) is 27.5. The molecule has 4 heterocycles. The van der Waals surface area contributed by atoms with Crippen molar-refractivity contribution in [2.75, 3.05) is 66.0 Å². The van der Waals surface area contributed by atoms with E-state index >= 15 is 0 Å². The number of rotatable bonds is 14. The summed E-state index contributed by atoms with van der Waals surface area (Å²) in [5.74, 6) is -0.0975. The zero-order valence-electron chi connectivity index (χ0n) is 47.9. The van der Waals surface area contributed by atoms with Gasteiger partial charge in [0.1, 0.15) is 35.8 Å². The summed E-state index contributed by atoms with van der Waals surface area (Å²) >= 11 is 0. The zero-order valence-corrected chi connectivity index (χ0v) is 49.5. The van der Waals surface area contributed by atoms with Crippen molar-refractivity contribution in [1.82, 2.24) is 49.0 Å². The van der Waals surface area contributed by atoms with Crippen LogP contribution in [0.25, 0.3) is 39.2 Å². The highest BCUT2D eigenvalue weighted by atomic mass is 32.2. The average molecular weight is 1150 g/mol. The lowest BCUT2D eigenvalue weighted by atomic mass is 9.88. The summed E-state index contributed by atoms with van der Waals surface area (Å²) in [7, 11) is -4.70. The molecule has 434 valence electrons. The fraction of sp³-hybridized carbons (Fsp3) is 0.458. The number of carbonyl (C=O) groups excluding carboxylic acids is 4. The van der Waals surface area contributed by atoms with Gasteiger partial charge in [-0.2, -0.15) is 8.61 Å². The van der Waals surface area contributed by atoms with E-state index in [9.17, 15) is 36.0 Å². The monoisotopic (exact) mass is 1150 g/mol. The van der Waals surface area contributed by atoms with E-state index in [0.717, 1.165) is 66.0 Å². The predicted molar refractivity (Wildman–Crippen MR) is 311 cm³/mol. The number of benzene rings is 3. The van der Waals surface area contributed by atoms with Crippen molar-refractivity contribution in [3.63, 3.8) is 0 Å². The van der Waals surface area contributed by atoms with Crippen LogP contribution in [0.3, 0.4) is 0 Å². The van der Waals surface area contributed by atoms with Gasteiger partial charge in [0.2, 0.25) is 31.9 Å². The number of aromatic nitrogens is 4. The largest absolute Gasteiger partial charge is 0.453 e. The molecular weight excluding hydrogens is 1070 g/mol. The number of aromatic amines is 2. The minimum absolute atomic E-state index is 0.00203. The summed E-state index contributed by atoms with van der Waals surface area (Å²) < 4.78 is 63.3. The number of imidazole rings is 2. The normalized spacial score (nSPS) is 20.5. The molecule has 0 unspecified atom stereocenters. The molecule has 4 amide bonds. The van der Waals surface area contributed by atoms with Gasteiger partial charge in [-0.1, -0.05) is 114 Å². The highest BCUT2D eigenvalue weighted by molar-refractivity contribution is 7.88. The summed E-state index contributed by atoms with van der Waals surface area (Å²) in [5, 5.41) is 5.30. The molecule has 2 fully saturated rings. The van der Waals surface area contributed by atoms with Gasteiger partial charge in [-0.15, -0.1) is 0 Å².